The molecule has 24 heavy (non-hydrogen) atoms. The third kappa shape index (κ3) is 4.18. The third-order valence-corrected chi connectivity index (χ3v) is 5.03. The van der Waals surface area contributed by atoms with E-state index >= 15 is 0 Å². The minimum absolute atomic E-state index is 0.0831. The maximum absolute atomic E-state index is 13.0. The zero-order valence-electron chi connectivity index (χ0n) is 15.6. The Morgan fingerprint density at radius 2 is 2.00 bits per heavy atom. The van der Waals surface area contributed by atoms with Crippen LogP contribution in [0.4, 0.5) is 0 Å². The predicted octanol–water partition coefficient (Wildman–Crippen LogP) is 3.15. The molecule has 0 aromatic carbocycles. The second-order valence-electron chi connectivity index (χ2n) is 7.00. The molecular weight excluding hydrogens is 304 g/mol. The van der Waals surface area contributed by atoms with Crippen LogP contribution in [-0.4, -0.2) is 41.5 Å². The molecule has 2 aliphatic rings. The number of nitrogens with zero attached hydrogens (tertiary/aromatic N) is 1. The van der Waals surface area contributed by atoms with Crippen LogP contribution in [0.5, 0.6) is 0 Å². The molecule has 0 aromatic heterocycles. The third-order valence-electron chi connectivity index (χ3n) is 5.03. The molecule has 136 valence electrons. The van der Waals surface area contributed by atoms with Gasteiger partial charge in [-0.25, -0.2) is 0 Å². The summed E-state index contributed by atoms with van der Waals surface area (Å²) in [4.78, 5) is 27.1. The molecule has 0 aromatic rings. The first-order valence-electron chi connectivity index (χ1n) is 9.46. The van der Waals surface area contributed by atoms with Crippen molar-refractivity contribution < 1.29 is 14.3 Å². The molecule has 1 heterocycles. The van der Waals surface area contributed by atoms with Gasteiger partial charge in [0.05, 0.1) is 12.6 Å². The summed E-state index contributed by atoms with van der Waals surface area (Å²) in [7, 11) is 0. The number of nitrogens with one attached hydrogen (secondary N) is 1. The average Bonchev–Trinajstić information content (AvgIpc) is 2.89. The topological polar surface area (TPSA) is 58.6 Å². The zero-order chi connectivity index (χ0) is 17.7. The quantitative estimate of drug-likeness (QED) is 0.726. The van der Waals surface area contributed by atoms with E-state index < -0.39 is 6.04 Å². The van der Waals surface area contributed by atoms with Crippen molar-refractivity contribution in [2.24, 2.45) is 0 Å². The molecule has 1 N–H and O–H groups in total. The molecule has 5 heteroatoms. The minimum atomic E-state index is -0.411. The Bertz CT molecular complexity index is 501. The Morgan fingerprint density at radius 1 is 1.29 bits per heavy atom. The summed E-state index contributed by atoms with van der Waals surface area (Å²) in [5.74, 6) is -0.175. The fraction of sp³-hybridized carbons (Fsp3) is 0.789. The lowest BCUT2D eigenvalue weighted by molar-refractivity contribution is -0.146. The van der Waals surface area contributed by atoms with E-state index in [1.165, 1.54) is 24.1 Å². The molecule has 0 radical (unpaired) electrons. The highest BCUT2D eigenvalue weighted by molar-refractivity contribution is 5.85. The van der Waals surface area contributed by atoms with E-state index in [0.29, 0.717) is 13.0 Å². The van der Waals surface area contributed by atoms with Gasteiger partial charge >= 0.3 is 5.97 Å². The van der Waals surface area contributed by atoms with Gasteiger partial charge in [-0.15, -0.1) is 0 Å². The number of amides is 1. The van der Waals surface area contributed by atoms with E-state index in [9.17, 15) is 9.59 Å². The van der Waals surface area contributed by atoms with Crippen molar-refractivity contribution in [3.8, 4) is 0 Å². The summed E-state index contributed by atoms with van der Waals surface area (Å²) in [6.45, 7) is 8.18. The van der Waals surface area contributed by atoms with Gasteiger partial charge in [-0.05, 0) is 64.9 Å². The lowest BCUT2D eigenvalue weighted by Crippen LogP contribution is -2.51. The summed E-state index contributed by atoms with van der Waals surface area (Å²) < 4.78 is 5.13. The Kier molecular flexibility index (Phi) is 6.84. The Balaban J connectivity index is 2.05. The first kappa shape index (κ1) is 19.0. The molecule has 0 spiro atoms. The van der Waals surface area contributed by atoms with Crippen LogP contribution >= 0.6 is 0 Å². The molecule has 5 nitrogen and oxygen atoms in total. The van der Waals surface area contributed by atoms with Crippen LogP contribution in [0.15, 0.2) is 11.3 Å². The molecule has 0 unspecified atom stereocenters. The largest absolute Gasteiger partial charge is 0.465 e. The fourth-order valence-corrected chi connectivity index (χ4v) is 3.91. The van der Waals surface area contributed by atoms with Crippen LogP contribution in [0.2, 0.25) is 0 Å². The van der Waals surface area contributed by atoms with Gasteiger partial charge in [-0.1, -0.05) is 13.3 Å². The highest BCUT2D eigenvalue weighted by atomic mass is 16.5. The smallest absolute Gasteiger partial charge is 0.323 e. The van der Waals surface area contributed by atoms with Crippen LogP contribution in [-0.2, 0) is 14.3 Å². The first-order chi connectivity index (χ1) is 11.5. The standard InChI is InChI=1S/C19H32N2O3/c1-5-9-16(19(23)24-6-2)20-14(4)18(22)21-13(3)12-15-10-7-8-11-17(15)21/h13-14,16,20H,5-12H2,1-4H3/t13-,14+,16-/m1/s1. The summed E-state index contributed by atoms with van der Waals surface area (Å²) in [6, 6.07) is -0.564. The molecule has 3 atom stereocenters. The maximum Gasteiger partial charge on any atom is 0.323 e. The van der Waals surface area contributed by atoms with Crippen molar-refractivity contribution in [1.82, 2.24) is 10.2 Å². The second-order valence-corrected chi connectivity index (χ2v) is 7.00. The van der Waals surface area contributed by atoms with E-state index in [2.05, 4.69) is 12.2 Å². The maximum atomic E-state index is 13.0. The predicted molar refractivity (Wildman–Crippen MR) is 94.3 cm³/mol. The van der Waals surface area contributed by atoms with Crippen molar-refractivity contribution in [3.05, 3.63) is 11.3 Å². The number of hydrogen-bond donors (Lipinski definition) is 1. The lowest BCUT2D eigenvalue weighted by atomic mass is 9.96. The van der Waals surface area contributed by atoms with Crippen molar-refractivity contribution >= 4 is 11.9 Å². The summed E-state index contributed by atoms with van der Waals surface area (Å²) >= 11 is 0. The van der Waals surface area contributed by atoms with Crippen LogP contribution in [0, 0.1) is 0 Å². The van der Waals surface area contributed by atoms with Crippen LogP contribution in [0.3, 0.4) is 0 Å². The van der Waals surface area contributed by atoms with E-state index in [-0.39, 0.29) is 24.0 Å². The Labute approximate surface area is 145 Å². The zero-order valence-corrected chi connectivity index (χ0v) is 15.6. The number of ether oxygens (including phenoxy) is 1. The number of carbonyl (C=O) groups is 2. The molecule has 0 saturated heterocycles. The van der Waals surface area contributed by atoms with Crippen LogP contribution in [0.1, 0.15) is 72.6 Å². The van der Waals surface area contributed by atoms with E-state index in [0.717, 1.165) is 25.7 Å². The minimum Gasteiger partial charge on any atom is -0.465 e. The van der Waals surface area contributed by atoms with Gasteiger partial charge in [0.1, 0.15) is 6.04 Å². The molecule has 0 fully saturated rings. The first-order valence-corrected chi connectivity index (χ1v) is 9.46. The van der Waals surface area contributed by atoms with Crippen LogP contribution < -0.4 is 5.32 Å². The van der Waals surface area contributed by atoms with Crippen molar-refractivity contribution in [2.45, 2.75) is 90.8 Å². The van der Waals surface area contributed by atoms with Crippen molar-refractivity contribution in [2.75, 3.05) is 6.61 Å². The SMILES string of the molecule is CCC[C@@H](N[C@@H](C)C(=O)N1C2=C(CCCC2)C[C@H]1C)C(=O)OCC. The second kappa shape index (κ2) is 8.65. The number of rotatable bonds is 7. The van der Waals surface area contributed by atoms with Crippen molar-refractivity contribution in [3.63, 3.8) is 0 Å². The molecule has 1 aliphatic heterocycles. The van der Waals surface area contributed by atoms with Gasteiger partial charge in [0.2, 0.25) is 5.91 Å². The molecule has 1 aliphatic carbocycles. The van der Waals surface area contributed by atoms with Gasteiger partial charge in [0.15, 0.2) is 0 Å². The monoisotopic (exact) mass is 336 g/mol. The highest BCUT2D eigenvalue weighted by Gasteiger charge is 2.36. The van der Waals surface area contributed by atoms with E-state index in [4.69, 9.17) is 4.74 Å². The van der Waals surface area contributed by atoms with Crippen molar-refractivity contribution in [1.29, 1.82) is 0 Å². The Morgan fingerprint density at radius 3 is 2.67 bits per heavy atom. The number of carbonyl (C=O) groups excluding carboxylic acids is 2. The van der Waals surface area contributed by atoms with Crippen LogP contribution in [0.25, 0.3) is 0 Å². The normalized spacial score (nSPS) is 23.0. The summed E-state index contributed by atoms with van der Waals surface area (Å²) in [5.41, 5.74) is 2.71. The number of esters is 1. The van der Waals surface area contributed by atoms with Gasteiger partial charge in [0.25, 0.3) is 0 Å². The number of hydrogen-bond acceptors (Lipinski definition) is 4. The summed E-state index contributed by atoms with van der Waals surface area (Å²) in [6.07, 6.45) is 7.10. The molecule has 0 bridgehead atoms. The molecule has 0 saturated carbocycles. The molecule has 2 rings (SSSR count). The summed E-state index contributed by atoms with van der Waals surface area (Å²) in [5, 5.41) is 3.21. The van der Waals surface area contributed by atoms with Gasteiger partial charge < -0.3 is 9.64 Å². The lowest BCUT2D eigenvalue weighted by Gasteiger charge is -2.31. The van der Waals surface area contributed by atoms with E-state index in [1.54, 1.807) is 6.92 Å². The average molecular weight is 336 g/mol. The highest BCUT2D eigenvalue weighted by Crippen LogP contribution is 2.38. The fourth-order valence-electron chi connectivity index (χ4n) is 3.91. The molecule has 1 amide bonds. The van der Waals surface area contributed by atoms with Gasteiger partial charge in [-0.3, -0.25) is 14.9 Å². The Hall–Kier alpha value is -1.36. The van der Waals surface area contributed by atoms with Gasteiger partial charge in [-0.2, -0.15) is 0 Å². The molecular formula is C19H32N2O3. The van der Waals surface area contributed by atoms with E-state index in [1.807, 2.05) is 18.7 Å². The van der Waals surface area contributed by atoms with Gasteiger partial charge in [0, 0.05) is 11.7 Å². The number of allylic oxidation sites excluding steroid dienone is 1.